The first-order valence-corrected chi connectivity index (χ1v) is 7.40. The summed E-state index contributed by atoms with van der Waals surface area (Å²) in [6.07, 6.45) is 8.45. The van der Waals surface area contributed by atoms with Crippen LogP contribution in [0.1, 0.15) is 38.5 Å². The van der Waals surface area contributed by atoms with Crippen molar-refractivity contribution in [2.24, 2.45) is 0 Å². The second-order valence-electron chi connectivity index (χ2n) is 5.84. The van der Waals surface area contributed by atoms with Crippen LogP contribution in [0.5, 0.6) is 0 Å². The monoisotopic (exact) mass is 239 g/mol. The van der Waals surface area contributed by atoms with Gasteiger partial charge in [-0.2, -0.15) is 0 Å². The fourth-order valence-corrected chi connectivity index (χ4v) is 3.55. The van der Waals surface area contributed by atoms with Gasteiger partial charge in [-0.1, -0.05) is 12.8 Å². The largest absolute Gasteiger partial charge is 0.320 e. The van der Waals surface area contributed by atoms with E-state index in [0.717, 1.165) is 18.6 Å². The van der Waals surface area contributed by atoms with Gasteiger partial charge in [0.15, 0.2) is 0 Å². The van der Waals surface area contributed by atoms with Crippen LogP contribution >= 0.6 is 0 Å². The molecule has 1 atom stereocenters. The molecule has 3 nitrogen and oxygen atoms in total. The third-order valence-corrected chi connectivity index (χ3v) is 4.47. The van der Waals surface area contributed by atoms with Gasteiger partial charge in [0.2, 0.25) is 0 Å². The second-order valence-corrected chi connectivity index (χ2v) is 5.84. The van der Waals surface area contributed by atoms with Crippen LogP contribution in [-0.4, -0.2) is 62.2 Å². The summed E-state index contributed by atoms with van der Waals surface area (Å²) in [4.78, 5) is 5.36. The van der Waals surface area contributed by atoms with E-state index >= 15 is 0 Å². The molecule has 1 saturated carbocycles. The minimum Gasteiger partial charge on any atom is -0.320 e. The predicted molar refractivity (Wildman–Crippen MR) is 73.4 cm³/mol. The number of hydrogen-bond acceptors (Lipinski definition) is 3. The van der Waals surface area contributed by atoms with Crippen LogP contribution in [0.4, 0.5) is 0 Å². The molecule has 1 unspecified atom stereocenters. The summed E-state index contributed by atoms with van der Waals surface area (Å²) in [5.74, 6) is 0. The molecule has 3 heteroatoms. The van der Waals surface area contributed by atoms with Crippen molar-refractivity contribution in [1.29, 1.82) is 0 Å². The van der Waals surface area contributed by atoms with Crippen molar-refractivity contribution in [3.63, 3.8) is 0 Å². The Morgan fingerprint density at radius 3 is 2.59 bits per heavy atom. The Morgan fingerprint density at radius 2 is 1.88 bits per heavy atom. The molecule has 2 rings (SSSR count). The second kappa shape index (κ2) is 6.72. The molecule has 1 saturated heterocycles. The smallest absolute Gasteiger partial charge is 0.0238 e. The van der Waals surface area contributed by atoms with Gasteiger partial charge in [-0.25, -0.2) is 0 Å². The molecule has 2 fully saturated rings. The van der Waals surface area contributed by atoms with Crippen LogP contribution in [-0.2, 0) is 0 Å². The van der Waals surface area contributed by atoms with Crippen molar-refractivity contribution >= 4 is 0 Å². The molecular formula is C14H29N3. The van der Waals surface area contributed by atoms with Gasteiger partial charge in [-0.05, 0) is 59.4 Å². The third kappa shape index (κ3) is 3.67. The third-order valence-electron chi connectivity index (χ3n) is 4.47. The Labute approximate surface area is 107 Å². The number of rotatable bonds is 4. The Kier molecular flexibility index (Phi) is 5.26. The van der Waals surface area contributed by atoms with Crippen LogP contribution in [0.2, 0.25) is 0 Å². The predicted octanol–water partition coefficient (Wildman–Crippen LogP) is 1.54. The molecule has 0 amide bonds. The lowest BCUT2D eigenvalue weighted by molar-refractivity contribution is 0.126. The fraction of sp³-hybridized carbons (Fsp3) is 1.00. The van der Waals surface area contributed by atoms with Crippen molar-refractivity contribution in [2.75, 3.05) is 40.3 Å². The topological polar surface area (TPSA) is 18.5 Å². The Morgan fingerprint density at radius 1 is 1.12 bits per heavy atom. The summed E-state index contributed by atoms with van der Waals surface area (Å²) in [7, 11) is 4.35. The Bertz CT molecular complexity index is 214. The zero-order chi connectivity index (χ0) is 12.1. The molecular weight excluding hydrogens is 210 g/mol. The van der Waals surface area contributed by atoms with E-state index in [1.807, 2.05) is 0 Å². The van der Waals surface area contributed by atoms with E-state index in [0.29, 0.717) is 0 Å². The van der Waals surface area contributed by atoms with E-state index in [2.05, 4.69) is 29.2 Å². The minimum atomic E-state index is 0.776. The Hall–Kier alpha value is -0.120. The quantitative estimate of drug-likeness (QED) is 0.803. The van der Waals surface area contributed by atoms with E-state index in [4.69, 9.17) is 0 Å². The molecule has 0 aromatic rings. The molecule has 17 heavy (non-hydrogen) atoms. The van der Waals surface area contributed by atoms with Crippen LogP contribution in [0, 0.1) is 0 Å². The van der Waals surface area contributed by atoms with E-state index in [9.17, 15) is 0 Å². The molecule has 0 aromatic carbocycles. The normalized spacial score (nSPS) is 29.6. The molecule has 1 aliphatic carbocycles. The lowest BCUT2D eigenvalue weighted by atomic mass is 10.1. The zero-order valence-corrected chi connectivity index (χ0v) is 11.6. The molecule has 1 aliphatic heterocycles. The molecule has 0 spiro atoms. The number of nitrogens with one attached hydrogen (secondary N) is 1. The van der Waals surface area contributed by atoms with Gasteiger partial charge in [-0.3, -0.25) is 4.90 Å². The van der Waals surface area contributed by atoms with Gasteiger partial charge in [0.1, 0.15) is 0 Å². The van der Waals surface area contributed by atoms with Gasteiger partial charge in [-0.15, -0.1) is 0 Å². The number of hydrogen-bond donors (Lipinski definition) is 1. The summed E-state index contributed by atoms with van der Waals surface area (Å²) in [5.41, 5.74) is 0. The van der Waals surface area contributed by atoms with Gasteiger partial charge in [0.05, 0.1) is 0 Å². The van der Waals surface area contributed by atoms with Crippen LogP contribution < -0.4 is 5.32 Å². The van der Waals surface area contributed by atoms with E-state index < -0.39 is 0 Å². The standard InChI is InChI=1S/C14H29N3/c1-15-9-8-14-12-16(2)10-5-11-17(14)13-6-3-4-7-13/h13-15H,3-12H2,1-2H3. The lowest BCUT2D eigenvalue weighted by Crippen LogP contribution is -2.46. The average molecular weight is 239 g/mol. The summed E-state index contributed by atoms with van der Waals surface area (Å²) in [6.45, 7) is 5.02. The zero-order valence-electron chi connectivity index (χ0n) is 11.6. The molecule has 0 aromatic heterocycles. The molecule has 2 aliphatic rings. The van der Waals surface area contributed by atoms with Crippen LogP contribution in [0.3, 0.4) is 0 Å². The maximum Gasteiger partial charge on any atom is 0.0238 e. The van der Waals surface area contributed by atoms with Crippen LogP contribution in [0.15, 0.2) is 0 Å². The van der Waals surface area contributed by atoms with Crippen molar-refractivity contribution in [3.05, 3.63) is 0 Å². The van der Waals surface area contributed by atoms with Crippen molar-refractivity contribution in [3.8, 4) is 0 Å². The van der Waals surface area contributed by atoms with Gasteiger partial charge >= 0.3 is 0 Å². The minimum absolute atomic E-state index is 0.776. The molecule has 1 N–H and O–H groups in total. The first kappa shape index (κ1) is 13.3. The first-order valence-electron chi connectivity index (χ1n) is 7.40. The maximum absolute atomic E-state index is 3.32. The van der Waals surface area contributed by atoms with Gasteiger partial charge in [0.25, 0.3) is 0 Å². The van der Waals surface area contributed by atoms with Crippen LogP contribution in [0.25, 0.3) is 0 Å². The van der Waals surface area contributed by atoms with Gasteiger partial charge in [0, 0.05) is 18.6 Å². The lowest BCUT2D eigenvalue weighted by Gasteiger charge is -2.35. The van der Waals surface area contributed by atoms with E-state index in [1.54, 1.807) is 0 Å². The highest BCUT2D eigenvalue weighted by Gasteiger charge is 2.30. The highest BCUT2D eigenvalue weighted by Crippen LogP contribution is 2.27. The molecule has 100 valence electrons. The van der Waals surface area contributed by atoms with Crippen molar-refractivity contribution in [2.45, 2.75) is 50.6 Å². The summed E-state index contributed by atoms with van der Waals surface area (Å²) in [6, 6.07) is 1.67. The summed E-state index contributed by atoms with van der Waals surface area (Å²) < 4.78 is 0. The van der Waals surface area contributed by atoms with E-state index in [1.165, 1.54) is 58.2 Å². The highest BCUT2D eigenvalue weighted by atomic mass is 15.3. The Balaban J connectivity index is 1.96. The highest BCUT2D eigenvalue weighted by molar-refractivity contribution is 4.86. The SMILES string of the molecule is CNCCC1CN(C)CCCN1C1CCCC1. The molecule has 1 heterocycles. The number of likely N-dealkylation sites (N-methyl/N-ethyl adjacent to an activating group) is 1. The summed E-state index contributed by atoms with van der Waals surface area (Å²) in [5, 5.41) is 3.32. The first-order chi connectivity index (χ1) is 8.31. The van der Waals surface area contributed by atoms with Crippen molar-refractivity contribution in [1.82, 2.24) is 15.1 Å². The number of nitrogens with zero attached hydrogens (tertiary/aromatic N) is 2. The summed E-state index contributed by atoms with van der Waals surface area (Å²) >= 11 is 0. The van der Waals surface area contributed by atoms with Gasteiger partial charge < -0.3 is 10.2 Å². The van der Waals surface area contributed by atoms with Crippen molar-refractivity contribution < 1.29 is 0 Å². The molecule has 0 bridgehead atoms. The molecule has 0 radical (unpaired) electrons. The van der Waals surface area contributed by atoms with E-state index in [-0.39, 0.29) is 0 Å². The maximum atomic E-state index is 3.32. The fourth-order valence-electron chi connectivity index (χ4n) is 3.55. The average Bonchev–Trinajstić information content (AvgIpc) is 2.78.